The molecule has 1 aromatic heterocycles. The smallest absolute Gasteiger partial charge is 0.278 e. The van der Waals surface area contributed by atoms with Gasteiger partial charge in [0.2, 0.25) is 0 Å². The molecule has 3 rings (SSSR count). The number of thioether (sulfide) groups is 2. The summed E-state index contributed by atoms with van der Waals surface area (Å²) in [6.45, 7) is 4.27. The lowest BCUT2D eigenvalue weighted by atomic mass is 10.2. The summed E-state index contributed by atoms with van der Waals surface area (Å²) in [5.74, 6) is 0. The van der Waals surface area contributed by atoms with Gasteiger partial charge in [-0.05, 0) is 26.0 Å². The predicted molar refractivity (Wildman–Crippen MR) is 91.8 cm³/mol. The van der Waals surface area contributed by atoms with Crippen LogP contribution in [0.3, 0.4) is 0 Å². The van der Waals surface area contributed by atoms with E-state index in [1.165, 1.54) is 22.7 Å². The molecule has 2 heterocycles. The van der Waals surface area contributed by atoms with Gasteiger partial charge in [-0.25, -0.2) is 0 Å². The lowest BCUT2D eigenvalue weighted by molar-refractivity contribution is 0.956. The van der Waals surface area contributed by atoms with Crippen LogP contribution in [0, 0.1) is 0 Å². The topological polar surface area (TPSA) is 41.5 Å². The summed E-state index contributed by atoms with van der Waals surface area (Å²) in [7, 11) is 0. The first kappa shape index (κ1) is 14.2. The van der Waals surface area contributed by atoms with Crippen molar-refractivity contribution in [2.75, 3.05) is 5.43 Å². The molecule has 1 aliphatic rings. The summed E-state index contributed by atoms with van der Waals surface area (Å²) >= 11 is 5.97. The number of anilines is 1. The summed E-state index contributed by atoms with van der Waals surface area (Å²) in [5, 5.41) is 5.53. The zero-order valence-corrected chi connectivity index (χ0v) is 14.1. The predicted octanol–water partition coefficient (Wildman–Crippen LogP) is 4.57. The minimum atomic E-state index is -0.122. The fourth-order valence-electron chi connectivity index (χ4n) is 1.65. The number of hydrogen-bond acceptors (Lipinski definition) is 7. The van der Waals surface area contributed by atoms with Crippen LogP contribution in [0.2, 0.25) is 0 Å². The van der Waals surface area contributed by atoms with E-state index in [1.54, 1.807) is 23.5 Å². The van der Waals surface area contributed by atoms with Gasteiger partial charge in [-0.15, -0.1) is 0 Å². The molecule has 1 aliphatic heterocycles. The molecule has 0 aliphatic carbocycles. The van der Waals surface area contributed by atoms with Crippen molar-refractivity contribution in [3.63, 3.8) is 0 Å². The van der Waals surface area contributed by atoms with Crippen molar-refractivity contribution in [3.05, 3.63) is 39.2 Å². The molecule has 1 aromatic carbocycles. The monoisotopic (exact) mass is 340 g/mol. The average molecular weight is 341 g/mol. The van der Waals surface area contributed by atoms with Crippen molar-refractivity contribution in [1.82, 2.24) is 0 Å². The first-order valence-corrected chi connectivity index (χ1v) is 9.21. The molecule has 0 radical (unpaired) electrons. The van der Waals surface area contributed by atoms with Gasteiger partial charge in [0, 0.05) is 0 Å². The van der Waals surface area contributed by atoms with Gasteiger partial charge in [0.05, 0.1) is 18.9 Å². The standard InChI is InChI=1S/C13H12N2OS4/c1-13(2)11(15-14-8-6-4-3-5-7-8)17-9-10(20-13)19-12(16)18-9/h3-7,14H,1-2H3. The van der Waals surface area contributed by atoms with Crippen LogP contribution in [0.25, 0.3) is 0 Å². The van der Waals surface area contributed by atoms with Crippen molar-refractivity contribution in [3.8, 4) is 0 Å². The molecule has 1 N–H and O–H groups in total. The molecule has 0 saturated heterocycles. The Balaban J connectivity index is 1.87. The summed E-state index contributed by atoms with van der Waals surface area (Å²) in [6.07, 6.45) is 0. The number of benzene rings is 1. The molecule has 0 saturated carbocycles. The molecular weight excluding hydrogens is 328 g/mol. The van der Waals surface area contributed by atoms with Gasteiger partial charge in [0.15, 0.2) is 0 Å². The Bertz CT molecular complexity index is 703. The highest BCUT2D eigenvalue weighted by atomic mass is 32.2. The van der Waals surface area contributed by atoms with Crippen LogP contribution >= 0.6 is 46.2 Å². The van der Waals surface area contributed by atoms with Crippen molar-refractivity contribution in [2.24, 2.45) is 5.10 Å². The van der Waals surface area contributed by atoms with E-state index in [2.05, 4.69) is 24.4 Å². The minimum absolute atomic E-state index is 0.122. The summed E-state index contributed by atoms with van der Waals surface area (Å²) in [5.41, 5.74) is 4.05. The average Bonchev–Trinajstić information content (AvgIpc) is 2.75. The lowest BCUT2D eigenvalue weighted by Gasteiger charge is -2.28. The van der Waals surface area contributed by atoms with E-state index in [0.717, 1.165) is 19.1 Å². The van der Waals surface area contributed by atoms with E-state index < -0.39 is 0 Å². The molecule has 3 nitrogen and oxygen atoms in total. The Morgan fingerprint density at radius 2 is 1.80 bits per heavy atom. The minimum Gasteiger partial charge on any atom is -0.278 e. The number of para-hydroxylation sites is 1. The first-order chi connectivity index (χ1) is 9.54. The third-order valence-corrected chi connectivity index (χ3v) is 8.17. The van der Waals surface area contributed by atoms with Gasteiger partial charge in [0.25, 0.3) is 4.06 Å². The van der Waals surface area contributed by atoms with Crippen molar-refractivity contribution in [1.29, 1.82) is 0 Å². The van der Waals surface area contributed by atoms with Crippen molar-refractivity contribution >= 4 is 56.9 Å². The van der Waals surface area contributed by atoms with Crippen LogP contribution in [0.4, 0.5) is 5.69 Å². The largest absolute Gasteiger partial charge is 0.289 e. The third-order valence-electron chi connectivity index (χ3n) is 2.63. The molecule has 0 amide bonds. The van der Waals surface area contributed by atoms with Gasteiger partial charge in [-0.2, -0.15) is 5.10 Å². The number of fused-ring (bicyclic) bond motifs is 1. The Morgan fingerprint density at radius 3 is 2.55 bits per heavy atom. The number of hydrogen-bond donors (Lipinski definition) is 1. The van der Waals surface area contributed by atoms with Crippen LogP contribution < -0.4 is 9.48 Å². The van der Waals surface area contributed by atoms with E-state index in [0.29, 0.717) is 0 Å². The fraction of sp³-hybridized carbons (Fsp3) is 0.231. The van der Waals surface area contributed by atoms with Crippen LogP contribution in [0.5, 0.6) is 0 Å². The second-order valence-electron chi connectivity index (χ2n) is 4.64. The van der Waals surface area contributed by atoms with E-state index in [4.69, 9.17) is 0 Å². The van der Waals surface area contributed by atoms with Crippen LogP contribution in [0.15, 0.2) is 48.6 Å². The van der Waals surface area contributed by atoms with Gasteiger partial charge in [-0.1, -0.05) is 64.4 Å². The highest BCUT2D eigenvalue weighted by Gasteiger charge is 2.35. The number of nitrogens with one attached hydrogen (secondary N) is 1. The Hall–Kier alpha value is -0.760. The highest BCUT2D eigenvalue weighted by molar-refractivity contribution is 8.20. The molecule has 2 aromatic rings. The second-order valence-corrected chi connectivity index (χ2v) is 10.0. The van der Waals surface area contributed by atoms with E-state index >= 15 is 0 Å². The summed E-state index contributed by atoms with van der Waals surface area (Å²) in [6, 6.07) is 9.87. The SMILES string of the molecule is CC1(C)Sc2sc(=O)sc2SC1=NNc1ccccc1. The van der Waals surface area contributed by atoms with E-state index in [1.807, 2.05) is 30.3 Å². The molecule has 20 heavy (non-hydrogen) atoms. The maximum atomic E-state index is 11.5. The molecule has 0 unspecified atom stereocenters. The van der Waals surface area contributed by atoms with E-state index in [-0.39, 0.29) is 8.80 Å². The molecule has 0 fully saturated rings. The Morgan fingerprint density at radius 1 is 1.10 bits per heavy atom. The fourth-order valence-corrected chi connectivity index (χ4v) is 7.28. The molecule has 0 atom stereocenters. The van der Waals surface area contributed by atoms with Gasteiger partial charge >= 0.3 is 0 Å². The molecule has 104 valence electrons. The van der Waals surface area contributed by atoms with Gasteiger partial charge < -0.3 is 0 Å². The molecular formula is C13H12N2OS4. The van der Waals surface area contributed by atoms with Crippen LogP contribution in [-0.2, 0) is 0 Å². The van der Waals surface area contributed by atoms with Crippen molar-refractivity contribution in [2.45, 2.75) is 27.0 Å². The quantitative estimate of drug-likeness (QED) is 0.813. The van der Waals surface area contributed by atoms with Crippen LogP contribution in [-0.4, -0.2) is 9.79 Å². The highest BCUT2D eigenvalue weighted by Crippen LogP contribution is 2.51. The van der Waals surface area contributed by atoms with Gasteiger partial charge in [-0.3, -0.25) is 10.2 Å². The molecule has 7 heteroatoms. The maximum absolute atomic E-state index is 11.5. The van der Waals surface area contributed by atoms with E-state index in [9.17, 15) is 4.79 Å². The number of hydrazone groups is 1. The second kappa shape index (κ2) is 5.55. The van der Waals surface area contributed by atoms with Crippen LogP contribution in [0.1, 0.15) is 13.8 Å². The van der Waals surface area contributed by atoms with Crippen molar-refractivity contribution < 1.29 is 0 Å². The third kappa shape index (κ3) is 2.95. The zero-order chi connectivity index (χ0) is 14.2. The number of nitrogens with zero attached hydrogens (tertiary/aromatic N) is 1. The lowest BCUT2D eigenvalue weighted by Crippen LogP contribution is -2.28. The Kier molecular flexibility index (Phi) is 3.94. The first-order valence-electron chi connectivity index (χ1n) is 5.95. The number of rotatable bonds is 2. The van der Waals surface area contributed by atoms with Gasteiger partial charge in [0.1, 0.15) is 5.04 Å². The molecule has 0 bridgehead atoms. The molecule has 0 spiro atoms. The summed E-state index contributed by atoms with van der Waals surface area (Å²) < 4.78 is 2.22. The maximum Gasteiger partial charge on any atom is 0.289 e. The zero-order valence-electron chi connectivity index (χ0n) is 10.9. The normalized spacial score (nSPS) is 18.8. The Labute approximate surface area is 133 Å². The summed E-state index contributed by atoms with van der Waals surface area (Å²) in [4.78, 5) is 11.5.